The van der Waals surface area contributed by atoms with Crippen LogP contribution in [-0.2, 0) is 11.0 Å². The molecular weight excluding hydrogens is 369 g/mol. The average Bonchev–Trinajstić information content (AvgIpc) is 2.95. The van der Waals surface area contributed by atoms with E-state index in [1.807, 2.05) is 0 Å². The Bertz CT molecular complexity index is 697. The van der Waals surface area contributed by atoms with Gasteiger partial charge in [0.05, 0.1) is 11.5 Å². The maximum absolute atomic E-state index is 12.9. The summed E-state index contributed by atoms with van der Waals surface area (Å²) < 4.78 is 38.7. The predicted octanol–water partition coefficient (Wildman–Crippen LogP) is 4.40. The van der Waals surface area contributed by atoms with Gasteiger partial charge in [0.15, 0.2) is 0 Å². The second-order valence-corrected chi connectivity index (χ2v) is 7.87. The highest BCUT2D eigenvalue weighted by Gasteiger charge is 2.33. The SMILES string of the molecule is O=C(NC1CCCCCC1)[C@@H]1CCCN(C(=O)c2cccc(C(F)(F)F)c2)C1. The van der Waals surface area contributed by atoms with E-state index >= 15 is 0 Å². The number of benzene rings is 1. The fourth-order valence-electron chi connectivity index (χ4n) is 4.13. The van der Waals surface area contributed by atoms with Gasteiger partial charge in [-0.25, -0.2) is 0 Å². The quantitative estimate of drug-likeness (QED) is 0.770. The molecule has 28 heavy (non-hydrogen) atoms. The molecule has 1 aliphatic heterocycles. The maximum Gasteiger partial charge on any atom is 0.416 e. The smallest absolute Gasteiger partial charge is 0.353 e. The fraction of sp³-hybridized carbons (Fsp3) is 0.619. The van der Waals surface area contributed by atoms with E-state index < -0.39 is 17.6 Å². The highest BCUT2D eigenvalue weighted by molar-refractivity contribution is 5.95. The lowest BCUT2D eigenvalue weighted by Gasteiger charge is -2.33. The average molecular weight is 396 g/mol. The van der Waals surface area contributed by atoms with Crippen LogP contribution >= 0.6 is 0 Å². The van der Waals surface area contributed by atoms with Crippen molar-refractivity contribution in [2.45, 2.75) is 63.6 Å². The molecule has 0 aromatic heterocycles. The lowest BCUT2D eigenvalue weighted by Crippen LogP contribution is -2.47. The van der Waals surface area contributed by atoms with E-state index in [2.05, 4.69) is 5.32 Å². The van der Waals surface area contributed by atoms with Gasteiger partial charge in [-0.05, 0) is 43.9 Å². The van der Waals surface area contributed by atoms with Gasteiger partial charge in [-0.15, -0.1) is 0 Å². The Hall–Kier alpha value is -2.05. The standard InChI is InChI=1S/C21H27F3N2O2/c22-21(23,24)17-9-5-7-15(13-17)20(28)26-12-6-8-16(14-26)19(27)25-18-10-3-1-2-4-11-18/h5,7,9,13,16,18H,1-4,6,8,10-12,14H2,(H,25,27)/t16-/m1/s1. The third-order valence-corrected chi connectivity index (χ3v) is 5.72. The van der Waals surface area contributed by atoms with E-state index in [0.29, 0.717) is 19.4 Å². The number of hydrogen-bond donors (Lipinski definition) is 1. The number of nitrogens with one attached hydrogen (secondary N) is 1. The van der Waals surface area contributed by atoms with Gasteiger partial charge in [0.25, 0.3) is 5.91 Å². The zero-order chi connectivity index (χ0) is 20.1. The summed E-state index contributed by atoms with van der Waals surface area (Å²) in [6.07, 6.45) is 3.52. The molecule has 154 valence electrons. The Balaban J connectivity index is 1.62. The second kappa shape index (κ2) is 8.97. The maximum atomic E-state index is 12.9. The molecule has 0 spiro atoms. The van der Waals surface area contributed by atoms with Gasteiger partial charge in [-0.1, -0.05) is 31.7 Å². The van der Waals surface area contributed by atoms with Crippen molar-refractivity contribution in [1.29, 1.82) is 0 Å². The molecule has 0 bridgehead atoms. The molecule has 2 amide bonds. The summed E-state index contributed by atoms with van der Waals surface area (Å²) in [5, 5.41) is 3.13. The van der Waals surface area contributed by atoms with Crippen molar-refractivity contribution < 1.29 is 22.8 Å². The van der Waals surface area contributed by atoms with Crippen molar-refractivity contribution in [3.63, 3.8) is 0 Å². The summed E-state index contributed by atoms with van der Waals surface area (Å²) in [6, 6.07) is 4.68. The van der Waals surface area contributed by atoms with Crippen LogP contribution in [0.2, 0.25) is 0 Å². The number of hydrogen-bond acceptors (Lipinski definition) is 2. The summed E-state index contributed by atoms with van der Waals surface area (Å²) in [4.78, 5) is 26.9. The van der Waals surface area contributed by atoms with E-state index in [1.165, 1.54) is 29.9 Å². The van der Waals surface area contributed by atoms with Gasteiger partial charge in [0.1, 0.15) is 0 Å². The molecule has 4 nitrogen and oxygen atoms in total. The number of alkyl halides is 3. The van der Waals surface area contributed by atoms with Crippen molar-refractivity contribution in [2.24, 2.45) is 5.92 Å². The molecule has 1 aromatic carbocycles. The van der Waals surface area contributed by atoms with Crippen molar-refractivity contribution >= 4 is 11.8 Å². The molecule has 1 N–H and O–H groups in total. The third kappa shape index (κ3) is 5.26. The van der Waals surface area contributed by atoms with Gasteiger partial charge in [0, 0.05) is 24.7 Å². The van der Waals surface area contributed by atoms with E-state index in [9.17, 15) is 22.8 Å². The summed E-state index contributed by atoms with van der Waals surface area (Å²) in [6.45, 7) is 0.718. The zero-order valence-corrected chi connectivity index (χ0v) is 15.9. The highest BCUT2D eigenvalue weighted by atomic mass is 19.4. The number of carbonyl (C=O) groups is 2. The lowest BCUT2D eigenvalue weighted by atomic mass is 9.95. The van der Waals surface area contributed by atoms with Crippen LogP contribution in [0.4, 0.5) is 13.2 Å². The number of rotatable bonds is 3. The van der Waals surface area contributed by atoms with Crippen LogP contribution in [0.15, 0.2) is 24.3 Å². The third-order valence-electron chi connectivity index (χ3n) is 5.72. The minimum absolute atomic E-state index is 0.0136. The van der Waals surface area contributed by atoms with Crippen LogP contribution in [0, 0.1) is 5.92 Å². The summed E-state index contributed by atoms with van der Waals surface area (Å²) >= 11 is 0. The Morgan fingerprint density at radius 2 is 1.71 bits per heavy atom. The Labute approximate surface area is 163 Å². The molecule has 3 rings (SSSR count). The van der Waals surface area contributed by atoms with Crippen molar-refractivity contribution in [3.8, 4) is 0 Å². The Morgan fingerprint density at radius 3 is 2.39 bits per heavy atom. The first-order chi connectivity index (χ1) is 13.3. The molecule has 2 fully saturated rings. The topological polar surface area (TPSA) is 49.4 Å². The summed E-state index contributed by atoms with van der Waals surface area (Å²) in [5.41, 5.74) is -0.822. The predicted molar refractivity (Wildman–Crippen MR) is 99.7 cm³/mol. The monoisotopic (exact) mass is 396 g/mol. The summed E-state index contributed by atoms with van der Waals surface area (Å²) in [7, 11) is 0. The summed E-state index contributed by atoms with van der Waals surface area (Å²) in [5.74, 6) is -0.779. The minimum atomic E-state index is -4.49. The lowest BCUT2D eigenvalue weighted by molar-refractivity contribution is -0.137. The molecule has 0 unspecified atom stereocenters. The normalized spacial score (nSPS) is 21.8. The molecule has 1 heterocycles. The van der Waals surface area contributed by atoms with Gasteiger partial charge in [-0.3, -0.25) is 9.59 Å². The number of likely N-dealkylation sites (tertiary alicyclic amines) is 1. The number of amides is 2. The van der Waals surface area contributed by atoms with Crippen LogP contribution in [-0.4, -0.2) is 35.8 Å². The van der Waals surface area contributed by atoms with Gasteiger partial charge in [0.2, 0.25) is 5.91 Å². The van der Waals surface area contributed by atoms with Gasteiger partial charge in [-0.2, -0.15) is 13.2 Å². The van der Waals surface area contributed by atoms with E-state index in [0.717, 1.165) is 37.8 Å². The number of halogens is 3. The minimum Gasteiger partial charge on any atom is -0.353 e. The first-order valence-corrected chi connectivity index (χ1v) is 10.1. The van der Waals surface area contributed by atoms with Crippen molar-refractivity contribution in [1.82, 2.24) is 10.2 Å². The molecular formula is C21H27F3N2O2. The molecule has 1 aromatic rings. The number of carbonyl (C=O) groups excluding carboxylic acids is 2. The largest absolute Gasteiger partial charge is 0.416 e. The Morgan fingerprint density at radius 1 is 1.00 bits per heavy atom. The van der Waals surface area contributed by atoms with E-state index in [4.69, 9.17) is 0 Å². The fourth-order valence-corrected chi connectivity index (χ4v) is 4.13. The number of nitrogens with zero attached hydrogens (tertiary/aromatic N) is 1. The number of piperidine rings is 1. The van der Waals surface area contributed by atoms with Crippen LogP contribution in [0.5, 0.6) is 0 Å². The van der Waals surface area contributed by atoms with Crippen LogP contribution in [0.25, 0.3) is 0 Å². The highest BCUT2D eigenvalue weighted by Crippen LogP contribution is 2.30. The molecule has 7 heteroatoms. The van der Waals surface area contributed by atoms with E-state index in [-0.39, 0.29) is 30.0 Å². The van der Waals surface area contributed by atoms with Crippen LogP contribution in [0.1, 0.15) is 67.3 Å². The second-order valence-electron chi connectivity index (χ2n) is 7.87. The zero-order valence-electron chi connectivity index (χ0n) is 15.9. The molecule has 1 atom stereocenters. The van der Waals surface area contributed by atoms with Crippen molar-refractivity contribution in [2.75, 3.05) is 13.1 Å². The molecule has 1 saturated carbocycles. The first kappa shape index (κ1) is 20.7. The van der Waals surface area contributed by atoms with Crippen molar-refractivity contribution in [3.05, 3.63) is 35.4 Å². The molecule has 1 saturated heterocycles. The first-order valence-electron chi connectivity index (χ1n) is 10.1. The Kier molecular flexibility index (Phi) is 6.62. The van der Waals surface area contributed by atoms with Gasteiger partial charge >= 0.3 is 6.18 Å². The van der Waals surface area contributed by atoms with Crippen LogP contribution in [0.3, 0.4) is 0 Å². The van der Waals surface area contributed by atoms with E-state index in [1.54, 1.807) is 0 Å². The van der Waals surface area contributed by atoms with Crippen LogP contribution < -0.4 is 5.32 Å². The molecule has 0 radical (unpaired) electrons. The van der Waals surface area contributed by atoms with Gasteiger partial charge < -0.3 is 10.2 Å². The molecule has 1 aliphatic carbocycles. The molecule has 2 aliphatic rings.